The van der Waals surface area contributed by atoms with Gasteiger partial charge in [0.15, 0.2) is 0 Å². The van der Waals surface area contributed by atoms with Gasteiger partial charge < -0.3 is 14.2 Å². The Morgan fingerprint density at radius 3 is 1.91 bits per heavy atom. The van der Waals surface area contributed by atoms with Gasteiger partial charge in [-0.2, -0.15) is 0 Å². The van der Waals surface area contributed by atoms with Gasteiger partial charge in [0, 0.05) is 5.41 Å². The average Bonchev–Trinajstić information content (AvgIpc) is 3.36. The van der Waals surface area contributed by atoms with Crippen LogP contribution in [0.15, 0.2) is 24.3 Å². The van der Waals surface area contributed by atoms with Crippen LogP contribution in [-0.2, 0) is 24.5 Å². The Morgan fingerprint density at radius 2 is 1.50 bits per heavy atom. The highest BCUT2D eigenvalue weighted by Gasteiger charge is 2.92. The predicted molar refractivity (Wildman–Crippen MR) is 78.4 cm³/mol. The van der Waals surface area contributed by atoms with Gasteiger partial charge in [-0.25, -0.2) is 0 Å². The average molecular weight is 304 g/mol. The quantitative estimate of drug-likeness (QED) is 0.752. The van der Waals surface area contributed by atoms with E-state index in [9.17, 15) is 9.59 Å². The Labute approximate surface area is 129 Å². The van der Waals surface area contributed by atoms with Gasteiger partial charge in [-0.15, -0.1) is 0 Å². The van der Waals surface area contributed by atoms with E-state index < -0.39 is 5.41 Å². The first-order chi connectivity index (χ1) is 10.6. The summed E-state index contributed by atoms with van der Waals surface area (Å²) in [6, 6.07) is 7.54. The summed E-state index contributed by atoms with van der Waals surface area (Å²) in [4.78, 5) is 24.1. The number of hydrogen-bond acceptors (Lipinski definition) is 5. The topological polar surface area (TPSA) is 61.8 Å². The van der Waals surface area contributed by atoms with Crippen LogP contribution in [0.1, 0.15) is 19.4 Å². The zero-order valence-corrected chi connectivity index (χ0v) is 13.0. The molecule has 118 valence electrons. The summed E-state index contributed by atoms with van der Waals surface area (Å²) in [7, 11) is 1.60. The number of ether oxygens (including phenoxy) is 3. The van der Waals surface area contributed by atoms with Crippen LogP contribution in [0.2, 0.25) is 0 Å². The monoisotopic (exact) mass is 304 g/mol. The fraction of sp³-hybridized carbons (Fsp3) is 0.529. The van der Waals surface area contributed by atoms with E-state index in [0.717, 1.165) is 11.3 Å². The van der Waals surface area contributed by atoms with Gasteiger partial charge in [0.1, 0.15) is 5.75 Å². The molecule has 0 aliphatic heterocycles. The summed E-state index contributed by atoms with van der Waals surface area (Å²) in [5.41, 5.74) is 0.555. The van der Waals surface area contributed by atoms with E-state index in [4.69, 9.17) is 14.2 Å². The molecule has 22 heavy (non-hydrogen) atoms. The van der Waals surface area contributed by atoms with E-state index in [1.807, 2.05) is 24.3 Å². The minimum Gasteiger partial charge on any atom is -0.497 e. The zero-order chi connectivity index (χ0) is 15.9. The van der Waals surface area contributed by atoms with Crippen LogP contribution in [0.4, 0.5) is 0 Å². The SMILES string of the molecule is CCOC(=O)[C@@H]1C2[C@@H](C(=O)OCC)C21c1ccc(OC)cc1. The van der Waals surface area contributed by atoms with Crippen LogP contribution >= 0.6 is 0 Å². The molecule has 1 aromatic rings. The molecule has 0 aromatic heterocycles. The molecule has 5 nitrogen and oxygen atoms in total. The lowest BCUT2D eigenvalue weighted by Gasteiger charge is -2.18. The van der Waals surface area contributed by atoms with Crippen molar-refractivity contribution >= 4 is 11.9 Å². The van der Waals surface area contributed by atoms with Gasteiger partial charge in [0.2, 0.25) is 0 Å². The summed E-state index contributed by atoms with van der Waals surface area (Å²) in [5, 5.41) is 0. The second kappa shape index (κ2) is 5.30. The molecule has 2 saturated carbocycles. The van der Waals surface area contributed by atoms with Gasteiger partial charge in [-0.3, -0.25) is 9.59 Å². The molecule has 5 heteroatoms. The highest BCUT2D eigenvalue weighted by molar-refractivity contribution is 5.94. The molecule has 0 heterocycles. The molecule has 0 unspecified atom stereocenters. The molecule has 0 bridgehead atoms. The van der Waals surface area contributed by atoms with Crippen molar-refractivity contribution in [2.45, 2.75) is 19.3 Å². The first kappa shape index (κ1) is 14.9. The molecule has 3 rings (SSSR count). The van der Waals surface area contributed by atoms with E-state index >= 15 is 0 Å². The highest BCUT2D eigenvalue weighted by atomic mass is 16.5. The van der Waals surface area contributed by atoms with Crippen molar-refractivity contribution in [2.75, 3.05) is 20.3 Å². The summed E-state index contributed by atoms with van der Waals surface area (Å²) in [5.74, 6) is -0.129. The van der Waals surface area contributed by atoms with Crippen LogP contribution in [0.25, 0.3) is 0 Å². The molecule has 0 spiro atoms. The van der Waals surface area contributed by atoms with Crippen molar-refractivity contribution in [3.05, 3.63) is 29.8 Å². The Morgan fingerprint density at radius 1 is 1.00 bits per heavy atom. The number of methoxy groups -OCH3 is 1. The Hall–Kier alpha value is -2.04. The molecule has 0 saturated heterocycles. The normalized spacial score (nSPS) is 31.0. The third kappa shape index (κ3) is 1.91. The number of benzene rings is 1. The van der Waals surface area contributed by atoms with Gasteiger partial charge in [0.05, 0.1) is 32.2 Å². The van der Waals surface area contributed by atoms with Crippen molar-refractivity contribution in [2.24, 2.45) is 17.8 Å². The zero-order valence-electron chi connectivity index (χ0n) is 13.0. The van der Waals surface area contributed by atoms with Crippen molar-refractivity contribution in [3.8, 4) is 5.75 Å². The summed E-state index contributed by atoms with van der Waals surface area (Å²) in [6.07, 6.45) is 0. The van der Waals surface area contributed by atoms with Crippen molar-refractivity contribution in [1.29, 1.82) is 0 Å². The molecular formula is C17H20O5. The van der Waals surface area contributed by atoms with Crippen molar-refractivity contribution in [3.63, 3.8) is 0 Å². The highest BCUT2D eigenvalue weighted by Crippen LogP contribution is 2.84. The lowest BCUT2D eigenvalue weighted by molar-refractivity contribution is -0.151. The third-order valence-electron chi connectivity index (χ3n) is 4.75. The molecule has 2 aliphatic carbocycles. The van der Waals surface area contributed by atoms with Gasteiger partial charge in [-0.05, 0) is 37.5 Å². The Bertz CT molecular complexity index is 566. The van der Waals surface area contributed by atoms with Crippen LogP contribution in [0.5, 0.6) is 5.75 Å². The van der Waals surface area contributed by atoms with Crippen molar-refractivity contribution in [1.82, 2.24) is 0 Å². The summed E-state index contributed by atoms with van der Waals surface area (Å²) in [6.45, 7) is 4.28. The number of fused-ring (bicyclic) bond motifs is 1. The number of esters is 2. The summed E-state index contributed by atoms with van der Waals surface area (Å²) >= 11 is 0. The number of rotatable bonds is 6. The van der Waals surface area contributed by atoms with Crippen LogP contribution < -0.4 is 4.74 Å². The fourth-order valence-electron chi connectivity index (χ4n) is 3.72. The van der Waals surface area contributed by atoms with Crippen LogP contribution in [0, 0.1) is 17.8 Å². The molecular weight excluding hydrogens is 284 g/mol. The third-order valence-corrected chi connectivity index (χ3v) is 4.75. The molecule has 1 aromatic carbocycles. The first-order valence-corrected chi connectivity index (χ1v) is 7.60. The van der Waals surface area contributed by atoms with Crippen molar-refractivity contribution < 1.29 is 23.8 Å². The molecule has 2 atom stereocenters. The number of hydrogen-bond donors (Lipinski definition) is 0. The fourth-order valence-corrected chi connectivity index (χ4v) is 3.72. The first-order valence-electron chi connectivity index (χ1n) is 7.60. The van der Waals surface area contributed by atoms with E-state index in [1.54, 1.807) is 21.0 Å². The lowest BCUT2D eigenvalue weighted by Crippen LogP contribution is -2.28. The maximum Gasteiger partial charge on any atom is 0.310 e. The number of carbonyl (C=O) groups is 2. The standard InChI is InChI=1S/C17H20O5/c1-4-21-15(18)13-12-14(16(19)22-5-2)17(12,13)10-6-8-11(20-3)9-7-10/h6-9,12-14H,4-5H2,1-3H3/t12?,13-,14-,17?/m0/s1. The Kier molecular flexibility index (Phi) is 3.59. The second-order valence-electron chi connectivity index (χ2n) is 5.65. The second-order valence-corrected chi connectivity index (χ2v) is 5.65. The van der Waals surface area contributed by atoms with Gasteiger partial charge in [-0.1, -0.05) is 12.1 Å². The molecule has 0 radical (unpaired) electrons. The van der Waals surface area contributed by atoms with Gasteiger partial charge >= 0.3 is 11.9 Å². The van der Waals surface area contributed by atoms with E-state index in [-0.39, 0.29) is 29.7 Å². The van der Waals surface area contributed by atoms with E-state index in [0.29, 0.717) is 13.2 Å². The van der Waals surface area contributed by atoms with Gasteiger partial charge in [0.25, 0.3) is 0 Å². The molecule has 0 amide bonds. The minimum atomic E-state index is -0.426. The molecule has 2 fully saturated rings. The predicted octanol–water partition coefficient (Wildman–Crippen LogP) is 1.93. The smallest absolute Gasteiger partial charge is 0.310 e. The summed E-state index contributed by atoms with van der Waals surface area (Å²) < 4.78 is 15.4. The Balaban J connectivity index is 1.84. The van der Waals surface area contributed by atoms with Crippen LogP contribution in [0.3, 0.4) is 0 Å². The molecule has 0 N–H and O–H groups in total. The number of carbonyl (C=O) groups excluding carboxylic acids is 2. The minimum absolute atomic E-state index is 0.0130. The maximum absolute atomic E-state index is 12.1. The van der Waals surface area contributed by atoms with E-state index in [1.165, 1.54) is 0 Å². The lowest BCUT2D eigenvalue weighted by atomic mass is 9.90. The van der Waals surface area contributed by atoms with Crippen LogP contribution in [-0.4, -0.2) is 32.3 Å². The maximum atomic E-state index is 12.1. The largest absolute Gasteiger partial charge is 0.497 e. The van der Waals surface area contributed by atoms with E-state index in [2.05, 4.69) is 0 Å². The molecule has 2 aliphatic rings.